The van der Waals surface area contributed by atoms with E-state index in [1.165, 1.54) is 11.8 Å². The van der Waals surface area contributed by atoms with Crippen LogP contribution >= 0.6 is 11.8 Å². The standard InChI is InChI=1S/C25H31N3O3S/c1-17(2)9-10-18(3)26-23(29)16-32-25-27-22-8-6-5-7-21(22)24(30)28(25)15-19-11-13-20(31-4)14-12-19/h5-8,11-14,17-18H,9-10,15-16H2,1-4H3,(H,26,29). The molecule has 0 spiro atoms. The van der Waals surface area contributed by atoms with Gasteiger partial charge >= 0.3 is 0 Å². The van der Waals surface area contributed by atoms with E-state index in [4.69, 9.17) is 9.72 Å². The Hall–Kier alpha value is -2.80. The smallest absolute Gasteiger partial charge is 0.262 e. The molecular weight excluding hydrogens is 422 g/mol. The highest BCUT2D eigenvalue weighted by Crippen LogP contribution is 2.20. The molecule has 3 aromatic rings. The lowest BCUT2D eigenvalue weighted by Crippen LogP contribution is -2.34. The zero-order valence-electron chi connectivity index (χ0n) is 19.1. The number of hydrogen-bond donors (Lipinski definition) is 1. The second-order valence-electron chi connectivity index (χ2n) is 8.38. The summed E-state index contributed by atoms with van der Waals surface area (Å²) in [5.41, 5.74) is 1.48. The van der Waals surface area contributed by atoms with Gasteiger partial charge in [-0.3, -0.25) is 14.2 Å². The zero-order valence-corrected chi connectivity index (χ0v) is 19.9. The fourth-order valence-corrected chi connectivity index (χ4v) is 4.22. The molecule has 2 aromatic carbocycles. The van der Waals surface area contributed by atoms with Crippen LogP contribution in [0.3, 0.4) is 0 Å². The maximum absolute atomic E-state index is 13.2. The minimum atomic E-state index is -0.111. The number of ether oxygens (including phenoxy) is 1. The molecule has 0 aliphatic rings. The molecule has 1 atom stereocenters. The molecule has 1 aromatic heterocycles. The Morgan fingerprint density at radius 2 is 1.81 bits per heavy atom. The van der Waals surface area contributed by atoms with Crippen molar-refractivity contribution < 1.29 is 9.53 Å². The van der Waals surface area contributed by atoms with E-state index in [2.05, 4.69) is 19.2 Å². The third kappa shape index (κ3) is 6.36. The molecule has 1 unspecified atom stereocenters. The summed E-state index contributed by atoms with van der Waals surface area (Å²) in [6.07, 6.45) is 2.02. The number of nitrogens with one attached hydrogen (secondary N) is 1. The van der Waals surface area contributed by atoms with E-state index in [1.807, 2.05) is 49.4 Å². The molecule has 1 N–H and O–H groups in total. The Morgan fingerprint density at radius 3 is 2.50 bits per heavy atom. The first-order chi connectivity index (χ1) is 15.4. The van der Waals surface area contributed by atoms with Crippen molar-refractivity contribution in [1.82, 2.24) is 14.9 Å². The van der Waals surface area contributed by atoms with Gasteiger partial charge in [0.25, 0.3) is 5.56 Å². The summed E-state index contributed by atoms with van der Waals surface area (Å²) in [5.74, 6) is 1.53. The molecule has 0 saturated heterocycles. The largest absolute Gasteiger partial charge is 0.497 e. The number of hydrogen-bond acceptors (Lipinski definition) is 5. The maximum atomic E-state index is 13.2. The summed E-state index contributed by atoms with van der Waals surface area (Å²) in [5, 5.41) is 4.15. The minimum absolute atomic E-state index is 0.0512. The molecule has 170 valence electrons. The van der Waals surface area contributed by atoms with Gasteiger partial charge in [0.15, 0.2) is 5.16 Å². The number of fused-ring (bicyclic) bond motifs is 1. The lowest BCUT2D eigenvalue weighted by Gasteiger charge is -2.16. The first-order valence-corrected chi connectivity index (χ1v) is 11.9. The van der Waals surface area contributed by atoms with Gasteiger partial charge in [0, 0.05) is 6.04 Å². The van der Waals surface area contributed by atoms with Crippen LogP contribution in [0, 0.1) is 5.92 Å². The molecule has 7 heteroatoms. The van der Waals surface area contributed by atoms with Gasteiger partial charge in [-0.1, -0.05) is 49.9 Å². The van der Waals surface area contributed by atoms with Gasteiger partial charge in [0.1, 0.15) is 5.75 Å². The van der Waals surface area contributed by atoms with Crippen LogP contribution in [-0.2, 0) is 11.3 Å². The Kier molecular flexibility index (Phi) is 8.33. The molecule has 32 heavy (non-hydrogen) atoms. The van der Waals surface area contributed by atoms with Gasteiger partial charge in [-0.25, -0.2) is 4.98 Å². The van der Waals surface area contributed by atoms with Crippen LogP contribution in [0.5, 0.6) is 5.75 Å². The Balaban J connectivity index is 1.80. The maximum Gasteiger partial charge on any atom is 0.262 e. The van der Waals surface area contributed by atoms with Crippen LogP contribution in [0.2, 0.25) is 0 Å². The summed E-state index contributed by atoms with van der Waals surface area (Å²) in [7, 11) is 1.62. The quantitative estimate of drug-likeness (QED) is 0.362. The minimum Gasteiger partial charge on any atom is -0.497 e. The normalized spacial score (nSPS) is 12.2. The monoisotopic (exact) mass is 453 g/mol. The van der Waals surface area contributed by atoms with Crippen LogP contribution in [-0.4, -0.2) is 34.4 Å². The van der Waals surface area contributed by atoms with Gasteiger partial charge in [0.2, 0.25) is 5.91 Å². The summed E-state index contributed by atoms with van der Waals surface area (Å²) >= 11 is 1.29. The summed E-state index contributed by atoms with van der Waals surface area (Å²) in [4.78, 5) is 30.4. The Bertz CT molecular complexity index is 1110. The molecular formula is C25H31N3O3S. The van der Waals surface area contributed by atoms with Crippen molar-refractivity contribution in [2.45, 2.75) is 51.4 Å². The predicted octanol–water partition coefficient (Wildman–Crippen LogP) is 4.49. The molecule has 0 fully saturated rings. The Morgan fingerprint density at radius 1 is 1.09 bits per heavy atom. The number of rotatable bonds is 10. The molecule has 1 amide bonds. The number of thioether (sulfide) groups is 1. The third-order valence-electron chi connectivity index (χ3n) is 5.24. The first-order valence-electron chi connectivity index (χ1n) is 10.9. The fourth-order valence-electron chi connectivity index (χ4n) is 3.41. The molecule has 0 saturated carbocycles. The van der Waals surface area contributed by atoms with Crippen LogP contribution in [0.4, 0.5) is 0 Å². The van der Waals surface area contributed by atoms with Gasteiger partial charge < -0.3 is 10.1 Å². The van der Waals surface area contributed by atoms with Crippen molar-refractivity contribution in [2.24, 2.45) is 5.92 Å². The lowest BCUT2D eigenvalue weighted by atomic mass is 10.0. The summed E-state index contributed by atoms with van der Waals surface area (Å²) in [6, 6.07) is 15.0. The Labute approximate surface area is 193 Å². The highest BCUT2D eigenvalue weighted by molar-refractivity contribution is 7.99. The number of nitrogens with zero attached hydrogens (tertiary/aromatic N) is 2. The number of methoxy groups -OCH3 is 1. The number of aromatic nitrogens is 2. The van der Waals surface area contributed by atoms with E-state index in [1.54, 1.807) is 17.7 Å². The van der Waals surface area contributed by atoms with Gasteiger partial charge in [-0.15, -0.1) is 0 Å². The van der Waals surface area contributed by atoms with Gasteiger partial charge in [-0.05, 0) is 55.5 Å². The second kappa shape index (κ2) is 11.2. The highest BCUT2D eigenvalue weighted by Gasteiger charge is 2.15. The van der Waals surface area contributed by atoms with E-state index in [-0.39, 0.29) is 23.3 Å². The molecule has 3 rings (SSSR count). The van der Waals surface area contributed by atoms with Crippen LogP contribution in [0.25, 0.3) is 10.9 Å². The molecule has 0 aliphatic carbocycles. The molecule has 1 heterocycles. The van der Waals surface area contributed by atoms with Crippen molar-refractivity contribution >= 4 is 28.6 Å². The number of benzene rings is 2. The van der Waals surface area contributed by atoms with E-state index in [0.29, 0.717) is 28.5 Å². The molecule has 6 nitrogen and oxygen atoms in total. The molecule has 0 aliphatic heterocycles. The van der Waals surface area contributed by atoms with Crippen molar-refractivity contribution in [3.8, 4) is 5.75 Å². The van der Waals surface area contributed by atoms with E-state index >= 15 is 0 Å². The molecule has 0 radical (unpaired) electrons. The van der Waals surface area contributed by atoms with Crippen LogP contribution in [0.15, 0.2) is 58.5 Å². The highest BCUT2D eigenvalue weighted by atomic mass is 32.2. The van der Waals surface area contributed by atoms with E-state index in [9.17, 15) is 9.59 Å². The number of carbonyl (C=O) groups excluding carboxylic acids is 1. The fraction of sp³-hybridized carbons (Fsp3) is 0.400. The third-order valence-corrected chi connectivity index (χ3v) is 6.22. The SMILES string of the molecule is COc1ccc(Cn2c(SCC(=O)NC(C)CCC(C)C)nc3ccccc3c2=O)cc1. The van der Waals surface area contributed by atoms with Gasteiger partial charge in [0.05, 0.1) is 30.3 Å². The first kappa shape index (κ1) is 23.9. The van der Waals surface area contributed by atoms with Crippen LogP contribution < -0.4 is 15.6 Å². The second-order valence-corrected chi connectivity index (χ2v) is 9.32. The van der Waals surface area contributed by atoms with Crippen LogP contribution in [0.1, 0.15) is 39.2 Å². The number of para-hydroxylation sites is 1. The average Bonchev–Trinajstić information content (AvgIpc) is 2.79. The van der Waals surface area contributed by atoms with Crippen molar-refractivity contribution in [3.05, 3.63) is 64.4 Å². The predicted molar refractivity (Wildman–Crippen MR) is 130 cm³/mol. The van der Waals surface area contributed by atoms with Crippen molar-refractivity contribution in [3.63, 3.8) is 0 Å². The van der Waals surface area contributed by atoms with E-state index < -0.39 is 0 Å². The topological polar surface area (TPSA) is 73.2 Å². The number of carbonyl (C=O) groups is 1. The lowest BCUT2D eigenvalue weighted by molar-refractivity contribution is -0.119. The number of amides is 1. The zero-order chi connectivity index (χ0) is 23.1. The average molecular weight is 454 g/mol. The van der Waals surface area contributed by atoms with Crippen molar-refractivity contribution in [2.75, 3.05) is 12.9 Å². The van der Waals surface area contributed by atoms with E-state index in [0.717, 1.165) is 24.2 Å². The summed E-state index contributed by atoms with van der Waals surface area (Å²) in [6.45, 7) is 6.75. The van der Waals surface area contributed by atoms with Gasteiger partial charge in [-0.2, -0.15) is 0 Å². The summed E-state index contributed by atoms with van der Waals surface area (Å²) < 4.78 is 6.87. The van der Waals surface area contributed by atoms with Crippen molar-refractivity contribution in [1.29, 1.82) is 0 Å². The molecule has 0 bridgehead atoms.